The number of aromatic nitrogens is 4. The number of hydrogen-bond acceptors (Lipinski definition) is 9. The minimum absolute atomic E-state index is 0.0344. The van der Waals surface area contributed by atoms with E-state index in [-0.39, 0.29) is 41.1 Å². The highest BCUT2D eigenvalue weighted by molar-refractivity contribution is 7.18. The maximum Gasteiger partial charge on any atom is 0.407 e. The molecule has 4 aromatic rings. The van der Waals surface area contributed by atoms with E-state index in [4.69, 9.17) is 19.4 Å². The van der Waals surface area contributed by atoms with E-state index in [1.807, 2.05) is 49.9 Å². The van der Waals surface area contributed by atoms with E-state index in [0.717, 1.165) is 72.4 Å². The number of ether oxygens (including phenoxy) is 2. The molecule has 0 bridgehead atoms. The highest BCUT2D eigenvalue weighted by atomic mass is 32.1. The number of carbonyl (C=O) groups excluding carboxylic acids is 3. The first-order chi connectivity index (χ1) is 29.8. The lowest BCUT2D eigenvalue weighted by atomic mass is 9.66. The maximum absolute atomic E-state index is 13.9. The van der Waals surface area contributed by atoms with E-state index < -0.39 is 18.2 Å². The number of rotatable bonds is 13. The number of imidazole rings is 2. The Balaban J connectivity index is 1.07. The number of fused-ring (bicyclic) bond motifs is 2. The van der Waals surface area contributed by atoms with Gasteiger partial charge in [-0.25, -0.2) is 14.8 Å². The van der Waals surface area contributed by atoms with Gasteiger partial charge in [-0.3, -0.25) is 9.59 Å². The number of carbonyl (C=O) groups is 3. The summed E-state index contributed by atoms with van der Waals surface area (Å²) < 4.78 is 10.1. The van der Waals surface area contributed by atoms with Crippen LogP contribution >= 0.6 is 11.3 Å². The molecule has 62 heavy (non-hydrogen) atoms. The fourth-order valence-corrected chi connectivity index (χ4v) is 11.6. The van der Waals surface area contributed by atoms with Crippen molar-refractivity contribution in [3.8, 4) is 32.3 Å². The molecular weight excluding hydrogens is 801 g/mol. The van der Waals surface area contributed by atoms with E-state index in [0.29, 0.717) is 19.0 Å². The van der Waals surface area contributed by atoms with E-state index in [2.05, 4.69) is 58.4 Å². The van der Waals surface area contributed by atoms with E-state index in [1.54, 1.807) is 18.4 Å². The molecule has 2 aliphatic heterocycles. The third-order valence-electron chi connectivity index (χ3n) is 14.1. The lowest BCUT2D eigenvalue weighted by Gasteiger charge is -2.38. The summed E-state index contributed by atoms with van der Waals surface area (Å²) in [5.41, 5.74) is 7.47. The van der Waals surface area contributed by atoms with E-state index >= 15 is 0 Å². The fourth-order valence-electron chi connectivity index (χ4n) is 10.6. The summed E-state index contributed by atoms with van der Waals surface area (Å²) in [5, 5.41) is 5.94. The Morgan fingerprint density at radius 3 is 1.94 bits per heavy atom. The van der Waals surface area contributed by atoms with Gasteiger partial charge in [-0.15, -0.1) is 11.3 Å². The molecule has 332 valence electrons. The average Bonchev–Trinajstić information content (AvgIpc) is 4.13. The molecule has 1 aromatic carbocycles. The Morgan fingerprint density at radius 1 is 0.774 bits per heavy atom. The van der Waals surface area contributed by atoms with Crippen molar-refractivity contribution in [1.29, 1.82) is 0 Å². The van der Waals surface area contributed by atoms with Crippen molar-refractivity contribution in [2.75, 3.05) is 27.3 Å². The Kier molecular flexibility index (Phi) is 12.6. The van der Waals surface area contributed by atoms with Crippen LogP contribution in [0.3, 0.4) is 0 Å². The van der Waals surface area contributed by atoms with Crippen molar-refractivity contribution in [2.45, 2.75) is 128 Å². The van der Waals surface area contributed by atoms with Gasteiger partial charge in [0.05, 0.1) is 55.0 Å². The van der Waals surface area contributed by atoms with Gasteiger partial charge in [0.1, 0.15) is 23.7 Å². The predicted octanol–water partition coefficient (Wildman–Crippen LogP) is 9.03. The average molecular weight is 865 g/mol. The number of nitrogens with zero attached hydrogens (tertiary/aromatic N) is 4. The molecule has 14 heteroatoms. The molecule has 4 N–H and O–H groups in total. The summed E-state index contributed by atoms with van der Waals surface area (Å²) in [6.45, 7) is 15.5. The molecule has 4 aliphatic rings. The van der Waals surface area contributed by atoms with Gasteiger partial charge in [0, 0.05) is 23.5 Å². The molecule has 8 rings (SSSR count). The normalized spacial score (nSPS) is 23.2. The van der Waals surface area contributed by atoms with Crippen molar-refractivity contribution >= 4 is 29.2 Å². The first-order valence-corrected chi connectivity index (χ1v) is 23.5. The molecule has 2 saturated heterocycles. The van der Waals surface area contributed by atoms with Gasteiger partial charge in [-0.2, -0.15) is 0 Å². The van der Waals surface area contributed by atoms with Crippen molar-refractivity contribution < 1.29 is 23.9 Å². The standard InChI is InChI=1S/C48H64N8O5S/c1-27(2)41(51-30(6)60-7)45(57)55-23-10-12-37(55)44-50-26-35(53-44)39-16-15-38(62-39)33-14-13-31(32-19-22-48(40(32)33)20-17-29(5)18-21-48)34-25-49-43(52-34)36-11-9-24-56(36)46(58)42(28(3)4)54-47(59)61-8/h13-16,25-29,36-37,41-42,51H,6,9-12,17-24H2,1-5,7-8H3,(H,49,52)(H,50,53)(H,54,59)/t29?,36-,37-,41-,42-,48?/m0/s1. The summed E-state index contributed by atoms with van der Waals surface area (Å²) in [6, 6.07) is 7.61. The second-order valence-electron chi connectivity index (χ2n) is 18.7. The second kappa shape index (κ2) is 17.9. The fraction of sp³-hybridized carbons (Fsp3) is 0.562. The third-order valence-corrected chi connectivity index (χ3v) is 15.3. The van der Waals surface area contributed by atoms with Gasteiger partial charge < -0.3 is 39.9 Å². The van der Waals surface area contributed by atoms with Crippen LogP contribution in [0.4, 0.5) is 4.79 Å². The number of hydrogen-bond donors (Lipinski definition) is 4. The zero-order chi connectivity index (χ0) is 43.9. The zero-order valence-corrected chi connectivity index (χ0v) is 38.3. The van der Waals surface area contributed by atoms with Crippen molar-refractivity contribution in [1.82, 2.24) is 40.4 Å². The highest BCUT2D eigenvalue weighted by Crippen LogP contribution is 2.56. The smallest absolute Gasteiger partial charge is 0.407 e. The first-order valence-electron chi connectivity index (χ1n) is 22.6. The van der Waals surface area contributed by atoms with Gasteiger partial charge in [0.25, 0.3) is 0 Å². The van der Waals surface area contributed by atoms with Crippen LogP contribution in [0.25, 0.3) is 32.3 Å². The summed E-state index contributed by atoms with van der Waals surface area (Å²) in [4.78, 5) is 63.2. The number of nitrogens with one attached hydrogen (secondary N) is 4. The van der Waals surface area contributed by atoms with Crippen LogP contribution in [0.5, 0.6) is 0 Å². The quantitative estimate of drug-likeness (QED) is 0.0971. The minimum Gasteiger partial charge on any atom is -0.483 e. The number of thiophene rings is 1. The van der Waals surface area contributed by atoms with E-state index in [9.17, 15) is 14.4 Å². The Bertz CT molecular complexity index is 2280. The molecule has 5 heterocycles. The monoisotopic (exact) mass is 864 g/mol. The summed E-state index contributed by atoms with van der Waals surface area (Å²) in [6.07, 6.45) is 13.7. The second-order valence-corrected chi connectivity index (χ2v) is 19.8. The van der Waals surface area contributed by atoms with Gasteiger partial charge in [0.15, 0.2) is 5.88 Å². The number of aromatic amines is 2. The summed E-state index contributed by atoms with van der Waals surface area (Å²) >= 11 is 1.79. The number of amides is 3. The molecule has 1 spiro atoms. The van der Waals surface area contributed by atoms with E-state index in [1.165, 1.54) is 59.9 Å². The molecule has 2 aliphatic carbocycles. The Hall–Kier alpha value is -5.11. The topological polar surface area (TPSA) is 158 Å². The highest BCUT2D eigenvalue weighted by Gasteiger charge is 2.44. The van der Waals surface area contributed by atoms with Crippen LogP contribution in [0.15, 0.2) is 49.1 Å². The SMILES string of the molecule is C=C(N[C@H](C(=O)N1CCC[C@H]1c1ncc(-c2ccc(-c3ccc(-c4cnc([C@@H]5CCCN5C(=O)[C@@H](NC(=O)OC)C(C)C)[nH]4)c4c3C3(CC4)CCC(C)CC3)s2)[nH]1)C(C)C)OC. The van der Waals surface area contributed by atoms with Crippen LogP contribution in [0.1, 0.15) is 127 Å². The Labute approximate surface area is 369 Å². The van der Waals surface area contributed by atoms with Gasteiger partial charge in [-0.1, -0.05) is 46.8 Å². The molecule has 3 aromatic heterocycles. The number of methoxy groups -OCH3 is 2. The van der Waals surface area contributed by atoms with Gasteiger partial charge in [-0.05, 0) is 123 Å². The molecular formula is C48H64N8O5S. The molecule has 13 nitrogen and oxygen atoms in total. The number of likely N-dealkylation sites (tertiary alicyclic amines) is 2. The van der Waals surface area contributed by atoms with Crippen molar-refractivity contribution in [2.24, 2.45) is 17.8 Å². The molecule has 1 saturated carbocycles. The molecule has 0 unspecified atom stereocenters. The van der Waals surface area contributed by atoms with Crippen molar-refractivity contribution in [3.63, 3.8) is 0 Å². The third kappa shape index (κ3) is 8.26. The van der Waals surface area contributed by atoms with Crippen molar-refractivity contribution in [3.05, 3.63) is 71.9 Å². The van der Waals surface area contributed by atoms with Crippen LogP contribution in [0, 0.1) is 17.8 Å². The number of benzene rings is 1. The maximum atomic E-state index is 13.9. The molecule has 3 fully saturated rings. The summed E-state index contributed by atoms with van der Waals surface area (Å²) in [7, 11) is 2.87. The molecule has 3 amide bonds. The predicted molar refractivity (Wildman–Crippen MR) is 242 cm³/mol. The van der Waals surface area contributed by atoms with Crippen LogP contribution in [0.2, 0.25) is 0 Å². The lowest BCUT2D eigenvalue weighted by Crippen LogP contribution is -2.51. The van der Waals surface area contributed by atoms with Crippen LogP contribution in [-0.4, -0.2) is 87.0 Å². The van der Waals surface area contributed by atoms with Gasteiger partial charge in [0.2, 0.25) is 11.8 Å². The summed E-state index contributed by atoms with van der Waals surface area (Å²) in [5.74, 6) is 2.59. The minimum atomic E-state index is -0.683. The zero-order valence-electron chi connectivity index (χ0n) is 37.4. The molecule has 4 atom stereocenters. The first kappa shape index (κ1) is 43.5. The van der Waals surface area contributed by atoms with Gasteiger partial charge >= 0.3 is 6.09 Å². The number of H-pyrrole nitrogens is 2. The number of alkyl carbamates (subject to hydrolysis) is 1. The lowest BCUT2D eigenvalue weighted by molar-refractivity contribution is -0.136. The molecule has 0 radical (unpaired) electrons. The van der Waals surface area contributed by atoms with Crippen LogP contribution in [-0.2, 0) is 30.9 Å². The Morgan fingerprint density at radius 2 is 1.34 bits per heavy atom. The largest absolute Gasteiger partial charge is 0.483 e. The van der Waals surface area contributed by atoms with Crippen LogP contribution < -0.4 is 10.6 Å².